The van der Waals surface area contributed by atoms with Crippen molar-refractivity contribution >= 4 is 45.1 Å². The molecule has 6 heteroatoms. The summed E-state index contributed by atoms with van der Waals surface area (Å²) in [7, 11) is 0. The molecule has 0 aliphatic rings. The van der Waals surface area contributed by atoms with Gasteiger partial charge >= 0.3 is 0 Å². The van der Waals surface area contributed by atoms with Gasteiger partial charge in [0.2, 0.25) is 0 Å². The third-order valence-electron chi connectivity index (χ3n) is 4.25. The van der Waals surface area contributed by atoms with Crippen LogP contribution in [-0.2, 0) is 6.61 Å². The van der Waals surface area contributed by atoms with Crippen molar-refractivity contribution in [3.8, 4) is 5.75 Å². The molecule has 1 heterocycles. The van der Waals surface area contributed by atoms with E-state index in [1.807, 2.05) is 78.9 Å². The number of amides is 1. The van der Waals surface area contributed by atoms with Gasteiger partial charge in [0, 0.05) is 10.1 Å². The first-order valence-electron chi connectivity index (χ1n) is 8.98. The first-order valence-corrected chi connectivity index (χ1v) is 10.2. The molecule has 0 radical (unpaired) electrons. The molecule has 144 valence electrons. The zero-order valence-electron chi connectivity index (χ0n) is 15.3. The summed E-state index contributed by atoms with van der Waals surface area (Å²) >= 11 is 7.67. The van der Waals surface area contributed by atoms with Gasteiger partial charge in [0.15, 0.2) is 0 Å². The number of benzene rings is 3. The van der Waals surface area contributed by atoms with Crippen molar-refractivity contribution in [2.75, 3.05) is 0 Å². The minimum Gasteiger partial charge on any atom is -0.489 e. The number of nitrogens with one attached hydrogen (secondary N) is 1. The van der Waals surface area contributed by atoms with Crippen LogP contribution in [0.25, 0.3) is 10.1 Å². The summed E-state index contributed by atoms with van der Waals surface area (Å²) in [5.74, 6) is 0.447. The van der Waals surface area contributed by atoms with Crippen LogP contribution in [0.1, 0.15) is 20.8 Å². The summed E-state index contributed by atoms with van der Waals surface area (Å²) < 4.78 is 6.73. The highest BCUT2D eigenvalue weighted by Gasteiger charge is 2.16. The van der Waals surface area contributed by atoms with Gasteiger partial charge < -0.3 is 4.74 Å². The average Bonchev–Trinajstić information content (AvgIpc) is 3.11. The third kappa shape index (κ3) is 4.65. The molecule has 1 amide bonds. The van der Waals surface area contributed by atoms with Crippen LogP contribution in [0.4, 0.5) is 0 Å². The molecular weight excluding hydrogens is 404 g/mol. The number of hydrogen-bond acceptors (Lipinski definition) is 4. The highest BCUT2D eigenvalue weighted by Crippen LogP contribution is 2.34. The Hall–Kier alpha value is -3.15. The second-order valence-corrected chi connectivity index (χ2v) is 7.71. The third-order valence-corrected chi connectivity index (χ3v) is 5.92. The number of nitrogens with zero attached hydrogens (tertiary/aromatic N) is 1. The zero-order chi connectivity index (χ0) is 20.1. The Bertz CT molecular complexity index is 1150. The molecule has 1 aromatic heterocycles. The van der Waals surface area contributed by atoms with E-state index >= 15 is 0 Å². The molecule has 0 bridgehead atoms. The largest absolute Gasteiger partial charge is 0.489 e. The maximum absolute atomic E-state index is 12.4. The molecule has 29 heavy (non-hydrogen) atoms. The lowest BCUT2D eigenvalue weighted by Gasteiger charge is -2.06. The van der Waals surface area contributed by atoms with E-state index in [4.69, 9.17) is 16.3 Å². The van der Waals surface area contributed by atoms with Crippen molar-refractivity contribution in [1.29, 1.82) is 0 Å². The Balaban J connectivity index is 1.35. The molecule has 0 atom stereocenters. The van der Waals surface area contributed by atoms with Gasteiger partial charge in [-0.05, 0) is 41.5 Å². The first kappa shape index (κ1) is 19.2. The highest BCUT2D eigenvalue weighted by molar-refractivity contribution is 7.21. The molecular formula is C23H17ClN2O2S. The van der Waals surface area contributed by atoms with Gasteiger partial charge in [0.1, 0.15) is 17.2 Å². The van der Waals surface area contributed by atoms with Crippen molar-refractivity contribution in [3.63, 3.8) is 0 Å². The maximum atomic E-state index is 12.4. The van der Waals surface area contributed by atoms with E-state index in [0.29, 0.717) is 16.5 Å². The SMILES string of the molecule is O=C(N/N=C/c1ccc(OCc2ccccc2)cc1)c1sc2ccccc2c1Cl. The maximum Gasteiger partial charge on any atom is 0.283 e. The van der Waals surface area contributed by atoms with Gasteiger partial charge in [-0.1, -0.05) is 60.1 Å². The topological polar surface area (TPSA) is 50.7 Å². The fourth-order valence-electron chi connectivity index (χ4n) is 2.77. The molecule has 0 saturated heterocycles. The number of carbonyl (C=O) groups excluding carboxylic acids is 1. The normalized spacial score (nSPS) is 11.1. The Morgan fingerprint density at radius 2 is 1.72 bits per heavy atom. The summed E-state index contributed by atoms with van der Waals surface area (Å²) in [4.78, 5) is 12.8. The van der Waals surface area contributed by atoms with Gasteiger partial charge in [-0.25, -0.2) is 5.43 Å². The second kappa shape index (κ2) is 8.90. The number of carbonyl (C=O) groups is 1. The standard InChI is InChI=1S/C23H17ClN2O2S/c24-21-19-8-4-5-9-20(19)29-22(21)23(27)26-25-14-16-10-12-18(13-11-16)28-15-17-6-2-1-3-7-17/h1-14H,15H2,(H,26,27)/b25-14+. The van der Waals surface area contributed by atoms with Crippen LogP contribution in [0.3, 0.4) is 0 Å². The van der Waals surface area contributed by atoms with Gasteiger partial charge in [-0.15, -0.1) is 11.3 Å². The summed E-state index contributed by atoms with van der Waals surface area (Å²) in [6.07, 6.45) is 1.58. The fraction of sp³-hybridized carbons (Fsp3) is 0.0435. The van der Waals surface area contributed by atoms with Gasteiger partial charge in [0.25, 0.3) is 5.91 Å². The van der Waals surface area contributed by atoms with Gasteiger partial charge in [0.05, 0.1) is 11.2 Å². The Kier molecular flexibility index (Phi) is 5.89. The van der Waals surface area contributed by atoms with E-state index in [1.54, 1.807) is 6.21 Å². The predicted molar refractivity (Wildman–Crippen MR) is 119 cm³/mol. The number of hydrogen-bond donors (Lipinski definition) is 1. The van der Waals surface area contributed by atoms with E-state index in [0.717, 1.165) is 27.0 Å². The monoisotopic (exact) mass is 420 g/mol. The second-order valence-electron chi connectivity index (χ2n) is 6.28. The van der Waals surface area contributed by atoms with Crippen molar-refractivity contribution in [2.24, 2.45) is 5.10 Å². The molecule has 0 unspecified atom stereocenters. The van der Waals surface area contributed by atoms with Crippen LogP contribution in [0.2, 0.25) is 5.02 Å². The lowest BCUT2D eigenvalue weighted by atomic mass is 10.2. The lowest BCUT2D eigenvalue weighted by Crippen LogP contribution is -2.16. The van der Waals surface area contributed by atoms with Crippen LogP contribution in [0.5, 0.6) is 5.75 Å². The van der Waals surface area contributed by atoms with Crippen molar-refractivity contribution in [1.82, 2.24) is 5.43 Å². The molecule has 0 aliphatic carbocycles. The number of fused-ring (bicyclic) bond motifs is 1. The Morgan fingerprint density at radius 1 is 1.00 bits per heavy atom. The summed E-state index contributed by atoms with van der Waals surface area (Å²) in [6, 6.07) is 25.1. The quantitative estimate of drug-likeness (QED) is 0.312. The molecule has 0 aliphatic heterocycles. The first-order chi connectivity index (χ1) is 14.2. The fourth-order valence-corrected chi connectivity index (χ4v) is 4.17. The van der Waals surface area contributed by atoms with Crippen LogP contribution in [0, 0.1) is 0 Å². The highest BCUT2D eigenvalue weighted by atomic mass is 35.5. The number of rotatable bonds is 6. The summed E-state index contributed by atoms with van der Waals surface area (Å²) in [6.45, 7) is 0.514. The van der Waals surface area contributed by atoms with Gasteiger partial charge in [-0.3, -0.25) is 4.79 Å². The van der Waals surface area contributed by atoms with E-state index < -0.39 is 0 Å². The molecule has 0 fully saturated rings. The van der Waals surface area contributed by atoms with Gasteiger partial charge in [-0.2, -0.15) is 5.10 Å². The predicted octanol–water partition coefficient (Wildman–Crippen LogP) is 5.90. The van der Waals surface area contributed by atoms with E-state index in [-0.39, 0.29) is 5.91 Å². The number of ether oxygens (including phenoxy) is 1. The Labute approximate surface area is 177 Å². The molecule has 0 spiro atoms. The molecule has 1 N–H and O–H groups in total. The number of halogens is 1. The smallest absolute Gasteiger partial charge is 0.283 e. The van der Waals surface area contributed by atoms with E-state index in [1.165, 1.54) is 11.3 Å². The van der Waals surface area contributed by atoms with E-state index in [9.17, 15) is 4.79 Å². The molecule has 4 rings (SSSR count). The van der Waals surface area contributed by atoms with Crippen LogP contribution < -0.4 is 10.2 Å². The van der Waals surface area contributed by atoms with E-state index in [2.05, 4.69) is 10.5 Å². The molecule has 3 aromatic carbocycles. The number of hydrazone groups is 1. The van der Waals surface area contributed by atoms with Crippen molar-refractivity contribution in [2.45, 2.75) is 6.61 Å². The summed E-state index contributed by atoms with van der Waals surface area (Å²) in [5, 5.41) is 5.37. The molecule has 0 saturated carbocycles. The average molecular weight is 421 g/mol. The number of thiophene rings is 1. The molecule has 4 aromatic rings. The minimum absolute atomic E-state index is 0.324. The zero-order valence-corrected chi connectivity index (χ0v) is 16.9. The van der Waals surface area contributed by atoms with Crippen molar-refractivity contribution < 1.29 is 9.53 Å². The summed E-state index contributed by atoms with van der Waals surface area (Å²) in [5.41, 5.74) is 4.49. The minimum atomic E-state index is -0.324. The Morgan fingerprint density at radius 3 is 2.48 bits per heavy atom. The van der Waals surface area contributed by atoms with Crippen LogP contribution >= 0.6 is 22.9 Å². The van der Waals surface area contributed by atoms with Crippen LogP contribution in [-0.4, -0.2) is 12.1 Å². The lowest BCUT2D eigenvalue weighted by molar-refractivity contribution is 0.0959. The molecule has 4 nitrogen and oxygen atoms in total. The van der Waals surface area contributed by atoms with Crippen molar-refractivity contribution in [3.05, 3.63) is 99.9 Å². The van der Waals surface area contributed by atoms with Crippen LogP contribution in [0.15, 0.2) is 84.0 Å².